The Bertz CT molecular complexity index is 784. The Morgan fingerprint density at radius 1 is 1.35 bits per heavy atom. The van der Waals surface area contributed by atoms with Crippen LogP contribution in [0, 0.1) is 11.3 Å². The van der Waals surface area contributed by atoms with Crippen LogP contribution < -0.4 is 10.3 Å². The fraction of sp³-hybridized carbons (Fsp3) is 0.214. The predicted octanol–water partition coefficient (Wildman–Crippen LogP) is 2.83. The molecule has 9 heteroatoms. The van der Waals surface area contributed by atoms with Crippen molar-refractivity contribution in [3.05, 3.63) is 51.9 Å². The van der Waals surface area contributed by atoms with E-state index in [9.17, 15) is 18.0 Å². The summed E-state index contributed by atoms with van der Waals surface area (Å²) in [6, 6.07) is 8.98. The third kappa shape index (κ3) is 4.75. The molecular formula is C14H10F3N3O2S. The Hall–Kier alpha value is -2.47. The first kappa shape index (κ1) is 16.9. The zero-order valence-corrected chi connectivity index (χ0v) is 12.4. The molecule has 0 amide bonds. The lowest BCUT2D eigenvalue weighted by atomic mass is 10.2. The molecule has 0 aliphatic carbocycles. The van der Waals surface area contributed by atoms with Gasteiger partial charge in [0, 0.05) is 11.8 Å². The standard InChI is InChI=1S/C14H10F3N3O2S/c15-14(16,17)11-7-12(21)20-13(19-11)23-6-5-22-10-4-2-1-3-9(10)8-18/h1-4,7H,5-6H2,(H,19,20,21). The SMILES string of the molecule is N#Cc1ccccc1OCCSc1nc(C(F)(F)F)cc(=O)[nH]1. The largest absolute Gasteiger partial charge is 0.491 e. The number of nitriles is 1. The average molecular weight is 341 g/mol. The number of rotatable bonds is 5. The molecule has 1 N–H and O–H groups in total. The number of halogens is 3. The van der Waals surface area contributed by atoms with Gasteiger partial charge in [-0.1, -0.05) is 23.9 Å². The van der Waals surface area contributed by atoms with Gasteiger partial charge in [0.15, 0.2) is 10.9 Å². The number of alkyl halides is 3. The Morgan fingerprint density at radius 3 is 2.78 bits per heavy atom. The lowest BCUT2D eigenvalue weighted by molar-refractivity contribution is -0.141. The molecular weight excluding hydrogens is 331 g/mol. The second-order valence-corrected chi connectivity index (χ2v) is 5.32. The number of nitrogens with one attached hydrogen (secondary N) is 1. The van der Waals surface area contributed by atoms with Crippen LogP contribution >= 0.6 is 11.8 Å². The molecule has 120 valence electrons. The Balaban J connectivity index is 1.96. The van der Waals surface area contributed by atoms with E-state index >= 15 is 0 Å². The minimum Gasteiger partial charge on any atom is -0.491 e. The van der Waals surface area contributed by atoms with Crippen LogP contribution in [0.15, 0.2) is 40.3 Å². The molecule has 2 aromatic rings. The third-order valence-corrected chi connectivity index (χ3v) is 3.44. The van der Waals surface area contributed by atoms with Crippen LogP contribution in [0.4, 0.5) is 13.2 Å². The summed E-state index contributed by atoms with van der Waals surface area (Å²) in [6.45, 7) is 0.142. The summed E-state index contributed by atoms with van der Waals surface area (Å²) in [6.07, 6.45) is -4.67. The number of hydrogen-bond donors (Lipinski definition) is 1. The smallest absolute Gasteiger partial charge is 0.433 e. The minimum atomic E-state index is -4.67. The van der Waals surface area contributed by atoms with Crippen molar-refractivity contribution in [1.82, 2.24) is 9.97 Å². The number of hydrogen-bond acceptors (Lipinski definition) is 5. The van der Waals surface area contributed by atoms with Crippen LogP contribution in [-0.4, -0.2) is 22.3 Å². The van der Waals surface area contributed by atoms with Crippen molar-refractivity contribution < 1.29 is 17.9 Å². The van der Waals surface area contributed by atoms with Gasteiger partial charge in [0.1, 0.15) is 11.8 Å². The number of benzene rings is 1. The summed E-state index contributed by atoms with van der Waals surface area (Å²) in [7, 11) is 0. The fourth-order valence-corrected chi connectivity index (χ4v) is 2.32. The Morgan fingerprint density at radius 2 is 2.09 bits per heavy atom. The van der Waals surface area contributed by atoms with Gasteiger partial charge in [-0.25, -0.2) is 4.98 Å². The minimum absolute atomic E-state index is 0.137. The van der Waals surface area contributed by atoms with Crippen molar-refractivity contribution in [2.75, 3.05) is 12.4 Å². The quantitative estimate of drug-likeness (QED) is 0.514. The maximum absolute atomic E-state index is 12.6. The van der Waals surface area contributed by atoms with Crippen molar-refractivity contribution in [3.63, 3.8) is 0 Å². The molecule has 23 heavy (non-hydrogen) atoms. The van der Waals surface area contributed by atoms with E-state index in [1.165, 1.54) is 0 Å². The molecule has 0 aliphatic rings. The van der Waals surface area contributed by atoms with Crippen molar-refractivity contribution in [2.24, 2.45) is 0 Å². The van der Waals surface area contributed by atoms with Crippen molar-refractivity contribution in [2.45, 2.75) is 11.3 Å². The van der Waals surface area contributed by atoms with E-state index in [1.807, 2.05) is 6.07 Å². The highest BCUT2D eigenvalue weighted by atomic mass is 32.2. The van der Waals surface area contributed by atoms with Gasteiger partial charge in [-0.05, 0) is 12.1 Å². The van der Waals surface area contributed by atoms with E-state index in [0.29, 0.717) is 17.4 Å². The first-order chi connectivity index (χ1) is 10.9. The van der Waals surface area contributed by atoms with E-state index < -0.39 is 17.4 Å². The van der Waals surface area contributed by atoms with Gasteiger partial charge in [0.2, 0.25) is 0 Å². The molecule has 0 spiro atoms. The first-order valence-corrected chi connectivity index (χ1v) is 7.32. The lowest BCUT2D eigenvalue weighted by Crippen LogP contribution is -2.17. The molecule has 0 radical (unpaired) electrons. The van der Waals surface area contributed by atoms with Crippen LogP contribution in [0.2, 0.25) is 0 Å². The highest BCUT2D eigenvalue weighted by molar-refractivity contribution is 7.99. The highest BCUT2D eigenvalue weighted by Gasteiger charge is 2.33. The third-order valence-electron chi connectivity index (χ3n) is 2.60. The summed E-state index contributed by atoms with van der Waals surface area (Å²) >= 11 is 0.923. The van der Waals surface area contributed by atoms with Gasteiger partial charge in [-0.2, -0.15) is 18.4 Å². The van der Waals surface area contributed by atoms with E-state index in [-0.39, 0.29) is 17.5 Å². The zero-order chi connectivity index (χ0) is 16.9. The summed E-state index contributed by atoms with van der Waals surface area (Å²) in [5.41, 5.74) is -1.74. The topological polar surface area (TPSA) is 78.8 Å². The van der Waals surface area contributed by atoms with E-state index in [0.717, 1.165) is 11.8 Å². The maximum Gasteiger partial charge on any atom is 0.433 e. The molecule has 1 heterocycles. The summed E-state index contributed by atoms with van der Waals surface area (Å²) in [4.78, 5) is 16.8. The van der Waals surface area contributed by atoms with Crippen molar-refractivity contribution in [1.29, 1.82) is 5.26 Å². The monoisotopic (exact) mass is 341 g/mol. The molecule has 0 saturated heterocycles. The molecule has 5 nitrogen and oxygen atoms in total. The molecule has 2 rings (SSSR count). The second kappa shape index (κ2) is 7.19. The number of thioether (sulfide) groups is 1. The average Bonchev–Trinajstić information content (AvgIpc) is 2.50. The van der Waals surface area contributed by atoms with Gasteiger partial charge in [-0.15, -0.1) is 0 Å². The van der Waals surface area contributed by atoms with Crippen LogP contribution in [0.1, 0.15) is 11.3 Å². The van der Waals surface area contributed by atoms with Crippen LogP contribution in [0.25, 0.3) is 0 Å². The van der Waals surface area contributed by atoms with Crippen LogP contribution in [0.3, 0.4) is 0 Å². The number of H-pyrrole nitrogens is 1. The van der Waals surface area contributed by atoms with Crippen molar-refractivity contribution in [3.8, 4) is 11.8 Å². The molecule has 0 atom stereocenters. The number of aromatic amines is 1. The van der Waals surface area contributed by atoms with E-state index in [2.05, 4.69) is 9.97 Å². The molecule has 1 aromatic carbocycles. The summed E-state index contributed by atoms with van der Waals surface area (Å²) in [5, 5.41) is 8.76. The molecule has 0 aliphatic heterocycles. The highest BCUT2D eigenvalue weighted by Crippen LogP contribution is 2.27. The molecule has 0 fully saturated rings. The molecule has 0 bridgehead atoms. The molecule has 1 aromatic heterocycles. The van der Waals surface area contributed by atoms with Crippen LogP contribution in [0.5, 0.6) is 5.75 Å². The van der Waals surface area contributed by atoms with E-state index in [4.69, 9.17) is 10.00 Å². The predicted molar refractivity (Wildman–Crippen MR) is 77.2 cm³/mol. The number of para-hydroxylation sites is 1. The number of aromatic nitrogens is 2. The van der Waals surface area contributed by atoms with Gasteiger partial charge in [0.25, 0.3) is 5.56 Å². The Kier molecular flexibility index (Phi) is 5.28. The Labute approximate surface area is 133 Å². The first-order valence-electron chi connectivity index (χ1n) is 6.33. The molecule has 0 unspecified atom stereocenters. The number of nitrogens with zero attached hydrogens (tertiary/aromatic N) is 2. The lowest BCUT2D eigenvalue weighted by Gasteiger charge is -2.08. The fourth-order valence-electron chi connectivity index (χ4n) is 1.62. The van der Waals surface area contributed by atoms with Crippen molar-refractivity contribution >= 4 is 11.8 Å². The van der Waals surface area contributed by atoms with Gasteiger partial charge >= 0.3 is 6.18 Å². The van der Waals surface area contributed by atoms with Gasteiger partial charge in [-0.3, -0.25) is 4.79 Å². The normalized spacial score (nSPS) is 11.0. The zero-order valence-electron chi connectivity index (χ0n) is 11.6. The van der Waals surface area contributed by atoms with Crippen LogP contribution in [-0.2, 0) is 6.18 Å². The molecule has 0 saturated carbocycles. The number of ether oxygens (including phenoxy) is 1. The maximum atomic E-state index is 12.6. The van der Waals surface area contributed by atoms with Gasteiger partial charge < -0.3 is 9.72 Å². The van der Waals surface area contributed by atoms with E-state index in [1.54, 1.807) is 24.3 Å². The second-order valence-electron chi connectivity index (χ2n) is 4.24. The van der Waals surface area contributed by atoms with Gasteiger partial charge in [0.05, 0.1) is 12.2 Å². The summed E-state index contributed by atoms with van der Waals surface area (Å²) in [5.74, 6) is 0.644. The summed E-state index contributed by atoms with van der Waals surface area (Å²) < 4.78 is 43.1.